The Balaban J connectivity index is 0.000000288. The van der Waals surface area contributed by atoms with Crippen molar-refractivity contribution in [1.82, 2.24) is 0 Å². The second-order valence-corrected chi connectivity index (χ2v) is 2.62. The number of phenolic OH excluding ortho intramolecular Hbond substituents is 1. The summed E-state index contributed by atoms with van der Waals surface area (Å²) in [4.78, 5) is 19.3. The lowest BCUT2D eigenvalue weighted by Crippen LogP contribution is -2.13. The van der Waals surface area contributed by atoms with Gasteiger partial charge in [0.15, 0.2) is 0 Å². The molecule has 88 valence electrons. The molecular formula is C10H12O6. The molecular weight excluding hydrogens is 216 g/mol. The Morgan fingerprint density at radius 1 is 1.00 bits per heavy atom. The third kappa shape index (κ3) is 10.0. The fraction of sp³-hybridized carbons (Fsp3) is 0.200. The van der Waals surface area contributed by atoms with Gasteiger partial charge < -0.3 is 20.1 Å². The van der Waals surface area contributed by atoms with Crippen LogP contribution >= 0.6 is 0 Å². The van der Waals surface area contributed by atoms with Gasteiger partial charge in [0, 0.05) is 0 Å². The molecule has 0 saturated heterocycles. The topological polar surface area (TPSA) is 104 Å². The number of benzene rings is 1. The van der Waals surface area contributed by atoms with Gasteiger partial charge in [0.25, 0.3) is 0 Å². The number of hydrogen-bond acceptors (Lipinski definition) is 4. The van der Waals surface area contributed by atoms with Crippen molar-refractivity contribution in [2.24, 2.45) is 0 Å². The number of hydrogen-bond donors (Lipinski definition) is 3. The Morgan fingerprint density at radius 3 is 1.69 bits per heavy atom. The summed E-state index contributed by atoms with van der Waals surface area (Å²) in [6.07, 6.45) is 0. The van der Waals surface area contributed by atoms with Gasteiger partial charge in [-0.2, -0.15) is 0 Å². The van der Waals surface area contributed by atoms with Crippen LogP contribution in [-0.2, 0) is 14.3 Å². The number of carboxylic acids is 2. The van der Waals surface area contributed by atoms with Gasteiger partial charge in [-0.3, -0.25) is 0 Å². The van der Waals surface area contributed by atoms with Crippen LogP contribution in [0.25, 0.3) is 0 Å². The number of rotatable bonds is 4. The Morgan fingerprint density at radius 2 is 1.44 bits per heavy atom. The van der Waals surface area contributed by atoms with Crippen molar-refractivity contribution >= 4 is 11.9 Å². The Kier molecular flexibility index (Phi) is 7.17. The second-order valence-electron chi connectivity index (χ2n) is 2.62. The molecule has 0 amide bonds. The highest BCUT2D eigenvalue weighted by molar-refractivity contribution is 5.70. The fourth-order valence-corrected chi connectivity index (χ4v) is 0.654. The van der Waals surface area contributed by atoms with Gasteiger partial charge in [-0.25, -0.2) is 9.59 Å². The summed E-state index contributed by atoms with van der Waals surface area (Å²) < 4.78 is 4.16. The molecule has 0 aliphatic heterocycles. The van der Waals surface area contributed by atoms with E-state index in [0.29, 0.717) is 5.75 Å². The third-order valence-electron chi connectivity index (χ3n) is 1.21. The molecule has 0 aliphatic rings. The molecule has 0 radical (unpaired) electrons. The smallest absolute Gasteiger partial charge is 0.329 e. The maximum absolute atomic E-state index is 9.66. The van der Waals surface area contributed by atoms with Crippen LogP contribution in [0.4, 0.5) is 0 Å². The highest BCUT2D eigenvalue weighted by atomic mass is 16.5. The largest absolute Gasteiger partial charge is 0.508 e. The zero-order valence-electron chi connectivity index (χ0n) is 8.37. The molecule has 16 heavy (non-hydrogen) atoms. The summed E-state index contributed by atoms with van der Waals surface area (Å²) in [5.74, 6) is -2.02. The van der Waals surface area contributed by atoms with Gasteiger partial charge in [-0.05, 0) is 12.1 Å². The van der Waals surface area contributed by atoms with Gasteiger partial charge in [0.1, 0.15) is 19.0 Å². The first kappa shape index (κ1) is 13.9. The number of aliphatic carboxylic acids is 2. The molecule has 0 saturated carbocycles. The number of aromatic hydroxyl groups is 1. The number of ether oxygens (including phenoxy) is 1. The van der Waals surface area contributed by atoms with Crippen LogP contribution in [0.5, 0.6) is 5.75 Å². The molecule has 0 unspecified atom stereocenters. The Labute approximate surface area is 91.7 Å². The Bertz CT molecular complexity index is 307. The van der Waals surface area contributed by atoms with Gasteiger partial charge in [0.2, 0.25) is 0 Å². The summed E-state index contributed by atoms with van der Waals surface area (Å²) in [5.41, 5.74) is 0. The molecule has 3 N–H and O–H groups in total. The second kappa shape index (κ2) is 8.25. The van der Waals surface area contributed by atoms with Crippen LogP contribution in [-0.4, -0.2) is 40.5 Å². The first-order valence-electron chi connectivity index (χ1n) is 4.27. The molecule has 1 rings (SSSR count). The number of phenols is 1. The average Bonchev–Trinajstić information content (AvgIpc) is 2.18. The van der Waals surface area contributed by atoms with Gasteiger partial charge in [-0.1, -0.05) is 18.2 Å². The minimum Gasteiger partial charge on any atom is -0.508 e. The monoisotopic (exact) mass is 228 g/mol. The fourth-order valence-electron chi connectivity index (χ4n) is 0.654. The lowest BCUT2D eigenvalue weighted by Gasteiger charge is -1.92. The van der Waals surface area contributed by atoms with Crippen molar-refractivity contribution in [3.05, 3.63) is 30.3 Å². The lowest BCUT2D eigenvalue weighted by atomic mass is 10.3. The van der Waals surface area contributed by atoms with Crippen LogP contribution in [0.3, 0.4) is 0 Å². The first-order valence-corrected chi connectivity index (χ1v) is 4.27. The standard InChI is InChI=1S/C6H6O.C4H6O5/c7-6-4-2-1-3-5-6;5-3(6)1-9-2-4(7)8/h1-5,7H;1-2H2,(H,5,6)(H,7,8). The van der Waals surface area contributed by atoms with Crippen LogP contribution in [0, 0.1) is 0 Å². The number of carbonyl (C=O) groups is 2. The van der Waals surface area contributed by atoms with E-state index >= 15 is 0 Å². The zero-order chi connectivity index (χ0) is 12.4. The minimum atomic E-state index is -1.17. The summed E-state index contributed by atoms with van der Waals surface area (Å²) in [6.45, 7) is -1.13. The van der Waals surface area contributed by atoms with Crippen LogP contribution in [0.1, 0.15) is 0 Å². The maximum Gasteiger partial charge on any atom is 0.329 e. The first-order chi connectivity index (χ1) is 7.52. The van der Waals surface area contributed by atoms with E-state index in [4.69, 9.17) is 15.3 Å². The molecule has 1 aromatic rings. The van der Waals surface area contributed by atoms with Gasteiger partial charge in [-0.15, -0.1) is 0 Å². The molecule has 0 heterocycles. The predicted octanol–water partition coefficient (Wildman–Crippen LogP) is 0.564. The molecule has 0 bridgehead atoms. The van der Waals surface area contributed by atoms with E-state index in [1.807, 2.05) is 6.07 Å². The minimum absolute atomic E-state index is 0.322. The van der Waals surface area contributed by atoms with E-state index in [-0.39, 0.29) is 0 Å². The number of para-hydroxylation sites is 1. The molecule has 1 aromatic carbocycles. The van der Waals surface area contributed by atoms with E-state index in [1.165, 1.54) is 0 Å². The highest BCUT2D eigenvalue weighted by Crippen LogP contribution is 2.02. The van der Waals surface area contributed by atoms with E-state index in [9.17, 15) is 9.59 Å². The van der Waals surface area contributed by atoms with Crippen LogP contribution in [0.15, 0.2) is 30.3 Å². The summed E-state index contributed by atoms with van der Waals surface area (Å²) in [7, 11) is 0. The molecule has 0 aliphatic carbocycles. The van der Waals surface area contributed by atoms with Crippen molar-refractivity contribution in [2.45, 2.75) is 0 Å². The van der Waals surface area contributed by atoms with Crippen LogP contribution < -0.4 is 0 Å². The van der Waals surface area contributed by atoms with Gasteiger partial charge in [0.05, 0.1) is 0 Å². The van der Waals surface area contributed by atoms with Crippen molar-refractivity contribution in [1.29, 1.82) is 0 Å². The van der Waals surface area contributed by atoms with E-state index in [1.54, 1.807) is 24.3 Å². The normalized spacial score (nSPS) is 8.75. The molecule has 6 nitrogen and oxygen atoms in total. The Hall–Kier alpha value is -2.08. The van der Waals surface area contributed by atoms with E-state index in [2.05, 4.69) is 4.74 Å². The average molecular weight is 228 g/mol. The molecule has 0 spiro atoms. The molecule has 0 aromatic heterocycles. The van der Waals surface area contributed by atoms with Crippen molar-refractivity contribution in [2.75, 3.05) is 13.2 Å². The molecule has 0 fully saturated rings. The predicted molar refractivity (Wildman–Crippen MR) is 54.2 cm³/mol. The quantitative estimate of drug-likeness (QED) is 0.695. The molecule has 6 heteroatoms. The number of carboxylic acid groups (broad SMARTS) is 2. The SMILES string of the molecule is O=C(O)COCC(=O)O.Oc1ccccc1. The summed E-state index contributed by atoms with van der Waals surface area (Å²) in [6, 6.07) is 8.71. The molecule has 0 atom stereocenters. The van der Waals surface area contributed by atoms with Crippen molar-refractivity contribution < 1.29 is 29.6 Å². The van der Waals surface area contributed by atoms with E-state index < -0.39 is 25.2 Å². The van der Waals surface area contributed by atoms with Crippen molar-refractivity contribution in [3.63, 3.8) is 0 Å². The highest BCUT2D eigenvalue weighted by Gasteiger charge is 1.98. The summed E-state index contributed by atoms with van der Waals surface area (Å²) >= 11 is 0. The third-order valence-corrected chi connectivity index (χ3v) is 1.21. The summed E-state index contributed by atoms with van der Waals surface area (Å²) in [5, 5.41) is 24.4. The van der Waals surface area contributed by atoms with Crippen molar-refractivity contribution in [3.8, 4) is 5.75 Å². The zero-order valence-corrected chi connectivity index (χ0v) is 8.37. The van der Waals surface area contributed by atoms with Gasteiger partial charge >= 0.3 is 11.9 Å². The lowest BCUT2D eigenvalue weighted by molar-refractivity contribution is -0.148. The maximum atomic E-state index is 9.66. The van der Waals surface area contributed by atoms with Crippen LogP contribution in [0.2, 0.25) is 0 Å². The van der Waals surface area contributed by atoms with E-state index in [0.717, 1.165) is 0 Å².